The topological polar surface area (TPSA) is 298 Å². The van der Waals surface area contributed by atoms with E-state index in [0.717, 1.165) is 33.4 Å². The van der Waals surface area contributed by atoms with E-state index in [1.54, 1.807) is 104 Å². The van der Waals surface area contributed by atoms with Gasteiger partial charge in [0.25, 0.3) is 0 Å². The maximum Gasteiger partial charge on any atom is 0.412 e. The van der Waals surface area contributed by atoms with Crippen LogP contribution in [0.25, 0.3) is 0 Å². The molecule has 5 N–H and O–H groups in total. The van der Waals surface area contributed by atoms with E-state index in [4.69, 9.17) is 29.8 Å². The maximum atomic E-state index is 12.5. The smallest absolute Gasteiger partial charge is 0.412 e. The largest absolute Gasteiger partial charge is 0.508 e. The molecular formula is C69H74BN3O18U. The second kappa shape index (κ2) is 39.3. The number of rotatable bonds is 26. The van der Waals surface area contributed by atoms with Crippen LogP contribution in [0.3, 0.4) is 0 Å². The number of aliphatic imine (C=N–C) groups is 1. The molecule has 0 aromatic heterocycles. The predicted molar refractivity (Wildman–Crippen MR) is 341 cm³/mol. The van der Waals surface area contributed by atoms with Crippen molar-refractivity contribution in [3.05, 3.63) is 228 Å². The first kappa shape index (κ1) is 76.3. The fourth-order valence-corrected chi connectivity index (χ4v) is 8.12. The van der Waals surface area contributed by atoms with E-state index in [1.807, 2.05) is 55.5 Å². The molecule has 2 amide bonds. The average molecular weight is 1480 g/mol. The van der Waals surface area contributed by atoms with Gasteiger partial charge in [0.2, 0.25) is 6.08 Å². The van der Waals surface area contributed by atoms with Gasteiger partial charge in [-0.2, -0.15) is 0 Å². The van der Waals surface area contributed by atoms with E-state index in [-0.39, 0.29) is 135 Å². The van der Waals surface area contributed by atoms with Gasteiger partial charge in [-0.1, -0.05) is 99.1 Å². The number of hydrogen-bond donors (Lipinski definition) is 5. The minimum Gasteiger partial charge on any atom is -0.508 e. The Bertz CT molecular complexity index is 3210. The van der Waals surface area contributed by atoms with Gasteiger partial charge in [0.15, 0.2) is 0 Å². The molecule has 480 valence electrons. The molecule has 0 aliphatic carbocycles. The third-order valence-corrected chi connectivity index (χ3v) is 13.1. The first-order valence-corrected chi connectivity index (χ1v) is 27.9. The zero-order valence-electron chi connectivity index (χ0n) is 53.0. The summed E-state index contributed by atoms with van der Waals surface area (Å²) < 4.78 is 41.1. The number of phenolic OH excluding ortho intramolecular Hbond substituents is 3. The van der Waals surface area contributed by atoms with Crippen molar-refractivity contribution in [3.8, 4) is 34.5 Å². The number of hydrogen-bond acceptors (Lipinski definition) is 19. The number of aromatic hydroxyl groups is 3. The average Bonchev–Trinajstić information content (AvgIpc) is 0.801. The molecule has 6 rings (SSSR count). The van der Waals surface area contributed by atoms with Gasteiger partial charge in [0.05, 0.1) is 26.2 Å². The van der Waals surface area contributed by atoms with Crippen molar-refractivity contribution in [2.45, 2.75) is 65.2 Å². The van der Waals surface area contributed by atoms with E-state index in [1.165, 1.54) is 26.9 Å². The number of ether oxygens (including phenoxy) is 7. The fourth-order valence-electron chi connectivity index (χ4n) is 8.12. The van der Waals surface area contributed by atoms with Crippen molar-refractivity contribution >= 4 is 56.5 Å². The van der Waals surface area contributed by atoms with Gasteiger partial charge in [-0.05, 0) is 155 Å². The van der Waals surface area contributed by atoms with Gasteiger partial charge in [-0.3, -0.25) is 4.79 Å². The van der Waals surface area contributed by atoms with Crippen molar-refractivity contribution < 1.29 is 118 Å². The number of phenols is 3. The normalized spacial score (nSPS) is 10.3. The summed E-state index contributed by atoms with van der Waals surface area (Å²) in [7, 11) is 3.75. The van der Waals surface area contributed by atoms with Crippen LogP contribution in [-0.4, -0.2) is 119 Å². The number of nitrogens with one attached hydrogen (secondary N) is 2. The Balaban J connectivity index is 0.000000645. The molecule has 0 saturated heterocycles. The van der Waals surface area contributed by atoms with Gasteiger partial charge >= 0.3 is 42.0 Å². The second-order valence-corrected chi connectivity index (χ2v) is 20.3. The van der Waals surface area contributed by atoms with Crippen LogP contribution in [0, 0.1) is 31.1 Å². The van der Waals surface area contributed by atoms with Crippen LogP contribution in [0.15, 0.2) is 199 Å². The van der Waals surface area contributed by atoms with Crippen molar-refractivity contribution in [3.63, 3.8) is 0 Å². The number of benzene rings is 6. The number of carbonyl (C=O) groups is 7. The number of amides is 2. The van der Waals surface area contributed by atoms with Gasteiger partial charge in [-0.15, -0.1) is 0 Å². The van der Waals surface area contributed by atoms with Crippen LogP contribution in [-0.2, 0) is 58.5 Å². The number of nitrogens with zero attached hydrogens (tertiary/aromatic N) is 1. The Hall–Kier alpha value is -9.93. The molecule has 0 spiro atoms. The minimum absolute atomic E-state index is 0. The Morgan fingerprint density at radius 3 is 1.00 bits per heavy atom. The van der Waals surface area contributed by atoms with E-state index in [9.17, 15) is 53.7 Å². The molecule has 23 heteroatoms. The zero-order chi connectivity index (χ0) is 68.4. The summed E-state index contributed by atoms with van der Waals surface area (Å²) in [5, 5.41) is 33.7. The monoisotopic (exact) mass is 1480 g/mol. The van der Waals surface area contributed by atoms with Crippen LogP contribution in [0.2, 0.25) is 0 Å². The van der Waals surface area contributed by atoms with Crippen molar-refractivity contribution in [2.24, 2.45) is 4.99 Å². The van der Waals surface area contributed by atoms with E-state index in [0.29, 0.717) is 11.3 Å². The molecule has 0 unspecified atom stereocenters. The number of esters is 5. The third-order valence-electron chi connectivity index (χ3n) is 13.1. The van der Waals surface area contributed by atoms with E-state index < -0.39 is 52.9 Å². The van der Waals surface area contributed by atoms with Gasteiger partial charge in [0, 0.05) is 79.0 Å². The molecular weight excluding hydrogens is 1410 g/mol. The van der Waals surface area contributed by atoms with Gasteiger partial charge in [0.1, 0.15) is 54.3 Å². The predicted octanol–water partition coefficient (Wildman–Crippen LogP) is 10.2. The van der Waals surface area contributed by atoms with Crippen LogP contribution in [0.4, 0.5) is 9.59 Å². The zero-order valence-corrected chi connectivity index (χ0v) is 56.2. The van der Waals surface area contributed by atoms with Crippen LogP contribution in [0.5, 0.6) is 34.5 Å². The molecule has 0 aliphatic rings. The molecule has 2 radical (unpaired) electrons. The summed E-state index contributed by atoms with van der Waals surface area (Å²) >= 11 is 0. The standard InChI is InChI=1S/C42H46N2O12.C20H18O3.C7H9NO3.BH.U/c1-27(2)37(46)51-24-8-9-36(45)54-33-16-10-30(11-17-33)42(7,31-12-18-34(19-13-31)55-40(49)43-22-25-52-38(47)28(3)4)32-14-20-35(21-15-32)56-41(50)44-23-26-53-39(48)29(5)6;1-20(14-2-8-17(21)9-3-14,15-4-10-18(22)11-5-15)16-6-12-19(23)13-7-16;1-6(2)7(10)11-4-3-8-5-9;;/h10-21H,1,3,5,8-9,22-26H2,2,4,6-7H3,(H,43,49)(H,44,50);2-13,21-23H,1H3;1,3-4H2,2H3;1H;/i;;;1D;. The maximum absolute atomic E-state index is 12.5. The van der Waals surface area contributed by atoms with Crippen LogP contribution < -0.4 is 24.8 Å². The van der Waals surface area contributed by atoms with Gasteiger partial charge < -0.3 is 59.1 Å². The summed E-state index contributed by atoms with van der Waals surface area (Å²) in [5.74, 6) is -1.13. The molecule has 0 aliphatic heterocycles. The van der Waals surface area contributed by atoms with Gasteiger partial charge in [-0.25, -0.2) is 38.6 Å². The molecule has 0 bridgehead atoms. The van der Waals surface area contributed by atoms with Crippen LogP contribution in [0.1, 0.15) is 87.8 Å². The number of carbonyl (C=O) groups excluding carboxylic acids is 8. The van der Waals surface area contributed by atoms with Crippen molar-refractivity contribution in [1.29, 1.82) is 1.34 Å². The second-order valence-electron chi connectivity index (χ2n) is 20.3. The van der Waals surface area contributed by atoms with E-state index in [2.05, 4.69) is 62.0 Å². The first-order valence-electron chi connectivity index (χ1n) is 28.5. The quantitative estimate of drug-likeness (QED) is 0.00388. The summed E-state index contributed by atoms with van der Waals surface area (Å²) in [6.07, 6.45) is 0.174. The third kappa shape index (κ3) is 25.2. The van der Waals surface area contributed by atoms with Crippen molar-refractivity contribution in [2.75, 3.05) is 46.1 Å². The van der Waals surface area contributed by atoms with Crippen LogP contribution >= 0.6 is 0 Å². The number of isocyanates is 1. The molecule has 6 aromatic rings. The molecule has 0 heterocycles. The summed E-state index contributed by atoms with van der Waals surface area (Å²) in [6.45, 7) is 24.4. The molecule has 0 saturated carbocycles. The molecule has 6 aromatic carbocycles. The fraction of sp³-hybridized carbons (Fsp3) is 0.246. The van der Waals surface area contributed by atoms with Crippen molar-refractivity contribution in [1.82, 2.24) is 10.6 Å². The van der Waals surface area contributed by atoms with E-state index >= 15 is 0 Å². The first-order chi connectivity index (χ1) is 43.8. The summed E-state index contributed by atoms with van der Waals surface area (Å²) in [6, 6.07) is 41.9. The summed E-state index contributed by atoms with van der Waals surface area (Å²) in [5.41, 5.74) is 5.19. The molecule has 92 heavy (non-hydrogen) atoms. The molecule has 0 atom stereocenters. The SMILES string of the molecule is C=C(C)C(=O)OCCCC(=O)Oc1ccc(C(C)(c2ccc(OC(=O)NCCOC(=O)C(=C)C)cc2)c2ccc(OC(=O)NCCOC(=O)C(=C)C)cc2)cc1.C=C(C)C(=O)OCCN=C=O.CC(c1ccc(O)cc1)(c1ccc(O)cc1)c1ccc(O)cc1.[2H][B].[U]. The molecule has 0 fully saturated rings. The Labute approximate surface area is 561 Å². The Morgan fingerprint density at radius 1 is 0.457 bits per heavy atom. The Morgan fingerprint density at radius 2 is 0.717 bits per heavy atom. The minimum atomic E-state index is -0.836. The Kier molecular flexibility index (Phi) is 32.6. The summed E-state index contributed by atoms with van der Waals surface area (Å²) in [4.78, 5) is 95.2. The molecule has 21 nitrogen and oxygen atoms in total.